The monoisotopic (exact) mass is 249 g/mol. The van der Waals surface area contributed by atoms with Gasteiger partial charge in [-0.15, -0.1) is 0 Å². The molecule has 0 fully saturated rings. The molecule has 0 saturated carbocycles. The average Bonchev–Trinajstić information content (AvgIpc) is 2.75. The molecule has 0 radical (unpaired) electrons. The SMILES string of the molecule is CCC(c1ccco1)C(C#N)C(=O)OC(C)(C)C. The molecule has 0 bridgehead atoms. The van der Waals surface area contributed by atoms with E-state index in [2.05, 4.69) is 0 Å². The van der Waals surface area contributed by atoms with Crippen LogP contribution in [0.25, 0.3) is 0 Å². The van der Waals surface area contributed by atoms with E-state index in [0.29, 0.717) is 12.2 Å². The fourth-order valence-corrected chi connectivity index (χ4v) is 1.78. The predicted octanol–water partition coefficient (Wildman–Crippen LogP) is 3.25. The minimum atomic E-state index is -0.833. The zero-order chi connectivity index (χ0) is 13.8. The number of hydrogen-bond acceptors (Lipinski definition) is 4. The minimum absolute atomic E-state index is 0.264. The Labute approximate surface area is 108 Å². The first-order chi connectivity index (χ1) is 8.39. The number of nitrogens with zero attached hydrogens (tertiary/aromatic N) is 1. The lowest BCUT2D eigenvalue weighted by Gasteiger charge is -2.24. The lowest BCUT2D eigenvalue weighted by molar-refractivity contribution is -0.158. The van der Waals surface area contributed by atoms with Crippen molar-refractivity contribution in [2.45, 2.75) is 45.6 Å². The number of carbonyl (C=O) groups excluding carboxylic acids is 1. The summed E-state index contributed by atoms with van der Waals surface area (Å²) in [5, 5.41) is 9.20. The van der Waals surface area contributed by atoms with Gasteiger partial charge in [0.1, 0.15) is 11.4 Å². The van der Waals surface area contributed by atoms with Crippen molar-refractivity contribution in [1.29, 1.82) is 5.26 Å². The van der Waals surface area contributed by atoms with Crippen LogP contribution in [0.3, 0.4) is 0 Å². The number of rotatable bonds is 4. The molecule has 0 spiro atoms. The fourth-order valence-electron chi connectivity index (χ4n) is 1.78. The van der Waals surface area contributed by atoms with E-state index >= 15 is 0 Å². The van der Waals surface area contributed by atoms with Crippen LogP contribution in [0, 0.1) is 17.2 Å². The van der Waals surface area contributed by atoms with Gasteiger partial charge in [-0.05, 0) is 39.3 Å². The highest BCUT2D eigenvalue weighted by Gasteiger charge is 2.33. The molecule has 1 heterocycles. The van der Waals surface area contributed by atoms with Gasteiger partial charge in [-0.2, -0.15) is 5.26 Å². The number of esters is 1. The first-order valence-corrected chi connectivity index (χ1v) is 6.05. The van der Waals surface area contributed by atoms with Gasteiger partial charge in [0.05, 0.1) is 12.3 Å². The lowest BCUT2D eigenvalue weighted by atomic mass is 9.89. The van der Waals surface area contributed by atoms with Crippen molar-refractivity contribution in [3.63, 3.8) is 0 Å². The summed E-state index contributed by atoms with van der Waals surface area (Å²) in [5.74, 6) is -0.941. The first kappa shape index (κ1) is 14.3. The summed E-state index contributed by atoms with van der Waals surface area (Å²) in [6.45, 7) is 7.27. The Hall–Kier alpha value is -1.76. The average molecular weight is 249 g/mol. The Morgan fingerprint density at radius 1 is 1.56 bits per heavy atom. The molecule has 4 nitrogen and oxygen atoms in total. The molecule has 1 aromatic heterocycles. The van der Waals surface area contributed by atoms with E-state index < -0.39 is 17.5 Å². The standard InChI is InChI=1S/C14H19NO3/c1-5-10(12-7-6-8-17-12)11(9-15)13(16)18-14(2,3)4/h6-8,10-11H,5H2,1-4H3. The van der Waals surface area contributed by atoms with Crippen LogP contribution >= 0.6 is 0 Å². The third-order valence-corrected chi connectivity index (χ3v) is 2.55. The molecule has 4 heteroatoms. The Morgan fingerprint density at radius 3 is 2.61 bits per heavy atom. The molecule has 0 aliphatic rings. The van der Waals surface area contributed by atoms with Gasteiger partial charge < -0.3 is 9.15 Å². The van der Waals surface area contributed by atoms with Gasteiger partial charge in [-0.25, -0.2) is 0 Å². The Balaban J connectivity index is 2.89. The van der Waals surface area contributed by atoms with Crippen molar-refractivity contribution in [3.05, 3.63) is 24.2 Å². The highest BCUT2D eigenvalue weighted by atomic mass is 16.6. The van der Waals surface area contributed by atoms with E-state index in [0.717, 1.165) is 0 Å². The zero-order valence-corrected chi connectivity index (χ0v) is 11.3. The highest BCUT2D eigenvalue weighted by molar-refractivity contribution is 5.76. The second kappa shape index (κ2) is 5.72. The smallest absolute Gasteiger partial charge is 0.324 e. The third kappa shape index (κ3) is 3.63. The molecule has 2 unspecified atom stereocenters. The molecule has 1 rings (SSSR count). The minimum Gasteiger partial charge on any atom is -0.469 e. The number of carbonyl (C=O) groups is 1. The van der Waals surface area contributed by atoms with Gasteiger partial charge >= 0.3 is 5.97 Å². The molecular formula is C14H19NO3. The van der Waals surface area contributed by atoms with Crippen LogP contribution in [-0.4, -0.2) is 11.6 Å². The fraction of sp³-hybridized carbons (Fsp3) is 0.571. The largest absolute Gasteiger partial charge is 0.469 e. The van der Waals surface area contributed by atoms with Gasteiger partial charge in [0, 0.05) is 5.92 Å². The molecule has 0 aliphatic carbocycles. The summed E-state index contributed by atoms with van der Waals surface area (Å²) in [5.41, 5.74) is -0.590. The quantitative estimate of drug-likeness (QED) is 0.768. The molecule has 2 atom stereocenters. The van der Waals surface area contributed by atoms with Crippen LogP contribution < -0.4 is 0 Å². The summed E-state index contributed by atoms with van der Waals surface area (Å²) in [6, 6.07) is 5.56. The zero-order valence-electron chi connectivity index (χ0n) is 11.3. The maximum Gasteiger partial charge on any atom is 0.324 e. The first-order valence-electron chi connectivity index (χ1n) is 6.05. The predicted molar refractivity (Wildman–Crippen MR) is 66.7 cm³/mol. The Morgan fingerprint density at radius 2 is 2.22 bits per heavy atom. The van der Waals surface area contributed by atoms with Crippen molar-refractivity contribution in [1.82, 2.24) is 0 Å². The summed E-state index contributed by atoms with van der Waals surface area (Å²) in [7, 11) is 0. The molecular weight excluding hydrogens is 230 g/mol. The van der Waals surface area contributed by atoms with E-state index in [1.165, 1.54) is 0 Å². The molecule has 1 aromatic rings. The normalized spacial score (nSPS) is 14.6. The van der Waals surface area contributed by atoms with Crippen molar-refractivity contribution >= 4 is 5.97 Å². The van der Waals surface area contributed by atoms with Crippen molar-refractivity contribution in [2.24, 2.45) is 5.92 Å². The van der Waals surface area contributed by atoms with E-state index in [1.54, 1.807) is 39.2 Å². The van der Waals surface area contributed by atoms with Gasteiger partial charge in [0.15, 0.2) is 5.92 Å². The molecule has 0 amide bonds. The van der Waals surface area contributed by atoms with Crippen molar-refractivity contribution in [2.75, 3.05) is 0 Å². The topological polar surface area (TPSA) is 63.2 Å². The molecule has 98 valence electrons. The van der Waals surface area contributed by atoms with E-state index in [1.807, 2.05) is 13.0 Å². The van der Waals surface area contributed by atoms with Gasteiger partial charge in [0.25, 0.3) is 0 Å². The molecule has 0 aromatic carbocycles. The summed E-state index contributed by atoms with van der Waals surface area (Å²) in [6.07, 6.45) is 2.19. The number of furan rings is 1. The van der Waals surface area contributed by atoms with Gasteiger partial charge in [0.2, 0.25) is 0 Å². The van der Waals surface area contributed by atoms with Gasteiger partial charge in [-0.3, -0.25) is 4.79 Å². The summed E-state index contributed by atoms with van der Waals surface area (Å²) >= 11 is 0. The highest BCUT2D eigenvalue weighted by Crippen LogP contribution is 2.30. The van der Waals surface area contributed by atoms with Crippen LogP contribution in [0.15, 0.2) is 22.8 Å². The number of hydrogen-bond donors (Lipinski definition) is 0. The van der Waals surface area contributed by atoms with Crippen LogP contribution in [0.2, 0.25) is 0 Å². The van der Waals surface area contributed by atoms with E-state index in [9.17, 15) is 10.1 Å². The third-order valence-electron chi connectivity index (χ3n) is 2.55. The second-order valence-corrected chi connectivity index (χ2v) is 5.17. The van der Waals surface area contributed by atoms with Gasteiger partial charge in [-0.1, -0.05) is 6.92 Å². The Kier molecular flexibility index (Phi) is 4.55. The van der Waals surface area contributed by atoms with Crippen LogP contribution in [0.1, 0.15) is 45.8 Å². The summed E-state index contributed by atoms with van der Waals surface area (Å²) in [4.78, 5) is 12.0. The van der Waals surface area contributed by atoms with Crippen LogP contribution in [0.4, 0.5) is 0 Å². The van der Waals surface area contributed by atoms with Crippen molar-refractivity contribution < 1.29 is 13.9 Å². The maximum absolute atomic E-state index is 12.0. The number of nitriles is 1. The van der Waals surface area contributed by atoms with Crippen molar-refractivity contribution in [3.8, 4) is 6.07 Å². The van der Waals surface area contributed by atoms with E-state index in [-0.39, 0.29) is 5.92 Å². The van der Waals surface area contributed by atoms with Crippen LogP contribution in [-0.2, 0) is 9.53 Å². The maximum atomic E-state index is 12.0. The molecule has 0 aliphatic heterocycles. The molecule has 0 saturated heterocycles. The van der Waals surface area contributed by atoms with Crippen LogP contribution in [0.5, 0.6) is 0 Å². The molecule has 18 heavy (non-hydrogen) atoms. The second-order valence-electron chi connectivity index (χ2n) is 5.17. The summed E-state index contributed by atoms with van der Waals surface area (Å²) < 4.78 is 10.6. The lowest BCUT2D eigenvalue weighted by Crippen LogP contribution is -2.31. The van der Waals surface area contributed by atoms with E-state index in [4.69, 9.17) is 9.15 Å². The molecule has 0 N–H and O–H groups in total. The number of ether oxygens (including phenoxy) is 1. The Bertz CT molecular complexity index is 423.